The molecule has 2 heterocycles. The van der Waals surface area contributed by atoms with Crippen molar-refractivity contribution in [2.45, 2.75) is 37.8 Å². The molecule has 1 saturated heterocycles. The molecule has 0 aromatic carbocycles. The van der Waals surface area contributed by atoms with E-state index in [1.165, 1.54) is 4.31 Å². The Kier molecular flexibility index (Phi) is 4.78. The predicted octanol–water partition coefficient (Wildman–Crippen LogP) is 0.618. The zero-order chi connectivity index (χ0) is 14.9. The largest absolute Gasteiger partial charge is 0.394 e. The standard InChI is InChI=1S/C12H21N3O3S2/c1-9-12(10(2)15(13-9)5-6-16)20(17,18)14(3)11-4-7-19-8-11/h11,16H,4-8H2,1-3H3. The summed E-state index contributed by atoms with van der Waals surface area (Å²) in [6.45, 7) is 3.69. The summed E-state index contributed by atoms with van der Waals surface area (Å²) in [5.41, 5.74) is 1.09. The Hall–Kier alpha value is -0.570. The number of sulfonamides is 1. The van der Waals surface area contributed by atoms with E-state index in [2.05, 4.69) is 5.10 Å². The van der Waals surface area contributed by atoms with Gasteiger partial charge in [-0.25, -0.2) is 8.42 Å². The molecule has 1 aliphatic heterocycles. The van der Waals surface area contributed by atoms with Gasteiger partial charge >= 0.3 is 0 Å². The van der Waals surface area contributed by atoms with E-state index in [1.54, 1.807) is 37.3 Å². The number of aromatic nitrogens is 2. The van der Waals surface area contributed by atoms with Crippen LogP contribution in [0.15, 0.2) is 4.90 Å². The number of hydrogen-bond acceptors (Lipinski definition) is 5. The average molecular weight is 319 g/mol. The first-order chi connectivity index (χ1) is 9.39. The third kappa shape index (κ3) is 2.74. The zero-order valence-electron chi connectivity index (χ0n) is 12.0. The Balaban J connectivity index is 2.38. The molecule has 8 heteroatoms. The van der Waals surface area contributed by atoms with Crippen LogP contribution in [0.2, 0.25) is 0 Å². The number of hydrogen-bond donors (Lipinski definition) is 1. The Morgan fingerprint density at radius 1 is 1.50 bits per heavy atom. The zero-order valence-corrected chi connectivity index (χ0v) is 13.7. The molecule has 0 spiro atoms. The first-order valence-electron chi connectivity index (χ1n) is 6.60. The van der Waals surface area contributed by atoms with Crippen LogP contribution in [0.4, 0.5) is 0 Å². The van der Waals surface area contributed by atoms with E-state index in [0.717, 1.165) is 17.9 Å². The molecule has 0 bridgehead atoms. The van der Waals surface area contributed by atoms with Crippen molar-refractivity contribution in [1.29, 1.82) is 0 Å². The molecule has 20 heavy (non-hydrogen) atoms. The van der Waals surface area contributed by atoms with Crippen LogP contribution in [-0.2, 0) is 16.6 Å². The smallest absolute Gasteiger partial charge is 0.246 e. The summed E-state index contributed by atoms with van der Waals surface area (Å²) < 4.78 is 28.6. The molecule has 1 aliphatic rings. The topological polar surface area (TPSA) is 75.4 Å². The monoisotopic (exact) mass is 319 g/mol. The molecule has 1 unspecified atom stereocenters. The van der Waals surface area contributed by atoms with Crippen LogP contribution in [0.3, 0.4) is 0 Å². The molecular weight excluding hydrogens is 298 g/mol. The molecule has 0 radical (unpaired) electrons. The van der Waals surface area contributed by atoms with Crippen LogP contribution in [0.25, 0.3) is 0 Å². The van der Waals surface area contributed by atoms with E-state index >= 15 is 0 Å². The fourth-order valence-electron chi connectivity index (χ4n) is 2.52. The third-order valence-corrected chi connectivity index (χ3v) is 6.99. The maximum atomic E-state index is 12.8. The fraction of sp³-hybridized carbons (Fsp3) is 0.750. The lowest BCUT2D eigenvalue weighted by Crippen LogP contribution is -2.37. The first-order valence-corrected chi connectivity index (χ1v) is 9.19. The molecule has 0 saturated carbocycles. The van der Waals surface area contributed by atoms with E-state index in [-0.39, 0.29) is 17.5 Å². The van der Waals surface area contributed by atoms with Gasteiger partial charge in [-0.3, -0.25) is 4.68 Å². The summed E-state index contributed by atoms with van der Waals surface area (Å²) >= 11 is 1.78. The summed E-state index contributed by atoms with van der Waals surface area (Å²) in [5, 5.41) is 13.2. The Labute approximate surface area is 124 Å². The Morgan fingerprint density at radius 2 is 2.20 bits per heavy atom. The van der Waals surface area contributed by atoms with Crippen molar-refractivity contribution in [3.8, 4) is 0 Å². The second-order valence-corrected chi connectivity index (χ2v) is 8.07. The highest BCUT2D eigenvalue weighted by Gasteiger charge is 2.34. The van der Waals surface area contributed by atoms with Crippen LogP contribution >= 0.6 is 11.8 Å². The van der Waals surface area contributed by atoms with Crippen molar-refractivity contribution < 1.29 is 13.5 Å². The van der Waals surface area contributed by atoms with Crippen LogP contribution in [0.5, 0.6) is 0 Å². The molecule has 1 N–H and O–H groups in total. The maximum Gasteiger partial charge on any atom is 0.246 e. The van der Waals surface area contributed by atoms with Crippen molar-refractivity contribution in [1.82, 2.24) is 14.1 Å². The lowest BCUT2D eigenvalue weighted by molar-refractivity contribution is 0.267. The van der Waals surface area contributed by atoms with Crippen LogP contribution < -0.4 is 0 Å². The summed E-state index contributed by atoms with van der Waals surface area (Å²) in [7, 11) is -1.88. The van der Waals surface area contributed by atoms with Crippen molar-refractivity contribution in [2.24, 2.45) is 0 Å². The van der Waals surface area contributed by atoms with Gasteiger partial charge in [0.2, 0.25) is 10.0 Å². The number of rotatable bonds is 5. The predicted molar refractivity (Wildman–Crippen MR) is 79.5 cm³/mol. The second-order valence-electron chi connectivity index (χ2n) is 4.99. The van der Waals surface area contributed by atoms with Crippen molar-refractivity contribution in [3.63, 3.8) is 0 Å². The molecule has 1 atom stereocenters. The minimum atomic E-state index is -3.53. The summed E-state index contributed by atoms with van der Waals surface area (Å²) in [6, 6.07) is 0.0602. The summed E-state index contributed by atoms with van der Waals surface area (Å²) in [6.07, 6.45) is 0.892. The van der Waals surface area contributed by atoms with E-state index in [4.69, 9.17) is 5.11 Å². The van der Waals surface area contributed by atoms with Gasteiger partial charge in [-0.1, -0.05) is 0 Å². The second kappa shape index (κ2) is 6.05. The van der Waals surface area contributed by atoms with Gasteiger partial charge in [-0.05, 0) is 26.0 Å². The molecule has 1 aromatic rings. The van der Waals surface area contributed by atoms with Gasteiger partial charge in [0.1, 0.15) is 4.90 Å². The highest BCUT2D eigenvalue weighted by Crippen LogP contribution is 2.29. The van der Waals surface area contributed by atoms with E-state index in [0.29, 0.717) is 17.9 Å². The van der Waals surface area contributed by atoms with Gasteiger partial charge in [-0.2, -0.15) is 21.2 Å². The van der Waals surface area contributed by atoms with Crippen LogP contribution in [0.1, 0.15) is 17.8 Å². The molecular formula is C12H21N3O3S2. The maximum absolute atomic E-state index is 12.8. The molecule has 1 aromatic heterocycles. The number of nitrogens with zero attached hydrogens (tertiary/aromatic N) is 3. The SMILES string of the molecule is Cc1nn(CCO)c(C)c1S(=O)(=O)N(C)C1CCSC1. The first kappa shape index (κ1) is 15.8. The van der Waals surface area contributed by atoms with Gasteiger partial charge in [0.15, 0.2) is 0 Å². The van der Waals surface area contributed by atoms with Gasteiger partial charge in [0.05, 0.1) is 24.5 Å². The number of aryl methyl sites for hydroxylation is 1. The minimum Gasteiger partial charge on any atom is -0.394 e. The fourth-order valence-corrected chi connectivity index (χ4v) is 5.63. The van der Waals surface area contributed by atoms with Crippen LogP contribution in [-0.4, -0.2) is 58.8 Å². The van der Waals surface area contributed by atoms with E-state index in [1.807, 2.05) is 0 Å². The average Bonchev–Trinajstić information content (AvgIpc) is 2.98. The van der Waals surface area contributed by atoms with Crippen LogP contribution in [0, 0.1) is 13.8 Å². The van der Waals surface area contributed by atoms with E-state index < -0.39 is 10.0 Å². The summed E-state index contributed by atoms with van der Waals surface area (Å²) in [5.74, 6) is 1.85. The lowest BCUT2D eigenvalue weighted by atomic mass is 10.3. The Bertz CT molecular complexity index is 577. The highest BCUT2D eigenvalue weighted by molar-refractivity contribution is 7.99. The summed E-state index contributed by atoms with van der Waals surface area (Å²) in [4.78, 5) is 0.283. The van der Waals surface area contributed by atoms with Gasteiger partial charge < -0.3 is 5.11 Å². The molecule has 114 valence electrons. The van der Waals surface area contributed by atoms with Crippen molar-refractivity contribution >= 4 is 21.8 Å². The molecule has 6 nitrogen and oxygen atoms in total. The number of aliphatic hydroxyl groups excluding tert-OH is 1. The highest BCUT2D eigenvalue weighted by atomic mass is 32.2. The lowest BCUT2D eigenvalue weighted by Gasteiger charge is -2.23. The quantitative estimate of drug-likeness (QED) is 0.861. The molecule has 0 amide bonds. The Morgan fingerprint density at radius 3 is 2.75 bits per heavy atom. The van der Waals surface area contributed by atoms with Gasteiger partial charge in [-0.15, -0.1) is 0 Å². The third-order valence-electron chi connectivity index (χ3n) is 3.68. The minimum absolute atomic E-state index is 0.0590. The van der Waals surface area contributed by atoms with Crippen molar-refractivity contribution in [2.75, 3.05) is 25.2 Å². The van der Waals surface area contributed by atoms with Crippen molar-refractivity contribution in [3.05, 3.63) is 11.4 Å². The van der Waals surface area contributed by atoms with Gasteiger partial charge in [0, 0.05) is 18.8 Å². The normalized spacial score (nSPS) is 19.9. The molecule has 1 fully saturated rings. The van der Waals surface area contributed by atoms with Gasteiger partial charge in [0.25, 0.3) is 0 Å². The molecule has 2 rings (SSSR count). The number of thioether (sulfide) groups is 1. The number of aliphatic hydroxyl groups is 1. The van der Waals surface area contributed by atoms with E-state index in [9.17, 15) is 8.42 Å². The molecule has 0 aliphatic carbocycles.